The molecule has 1 aromatic carbocycles. The summed E-state index contributed by atoms with van der Waals surface area (Å²) in [7, 11) is 0. The number of nitriles is 1. The summed E-state index contributed by atoms with van der Waals surface area (Å²) in [6, 6.07) is 11.3. The van der Waals surface area contributed by atoms with E-state index in [4.69, 9.17) is 0 Å². The predicted octanol–water partition coefficient (Wildman–Crippen LogP) is 3.46. The molecule has 0 aliphatic rings. The maximum atomic E-state index is 12.2. The lowest BCUT2D eigenvalue weighted by Crippen LogP contribution is -2.15. The molecule has 2 rings (SSSR count). The first-order chi connectivity index (χ1) is 11.0. The fourth-order valence-electron chi connectivity index (χ4n) is 2.05. The largest absolute Gasteiger partial charge is 0.345 e. The monoisotopic (exact) mass is 306 g/mol. The third-order valence-corrected chi connectivity index (χ3v) is 3.28. The van der Waals surface area contributed by atoms with E-state index in [-0.39, 0.29) is 5.57 Å². The molecular formula is C18H18N4O. The summed E-state index contributed by atoms with van der Waals surface area (Å²) >= 11 is 0. The van der Waals surface area contributed by atoms with Gasteiger partial charge < -0.3 is 10.6 Å². The Morgan fingerprint density at radius 2 is 1.91 bits per heavy atom. The highest BCUT2D eigenvalue weighted by atomic mass is 16.1. The number of pyridine rings is 1. The quantitative estimate of drug-likeness (QED) is 0.670. The minimum atomic E-state index is -0.459. The molecule has 0 radical (unpaired) electrons. The standard InChI is InChI=1S/C18H18N4O/c1-12-4-5-16(14(3)8-12)22-18(23)15(10-19)11-21-17-9-13(2)6-7-20-17/h4-9,11H,1-3H3,(H,20,21)(H,22,23)/b15-11-. The molecule has 0 spiro atoms. The number of carbonyl (C=O) groups is 1. The van der Waals surface area contributed by atoms with Crippen LogP contribution < -0.4 is 10.6 Å². The van der Waals surface area contributed by atoms with Gasteiger partial charge in [-0.3, -0.25) is 4.79 Å². The van der Waals surface area contributed by atoms with Crippen molar-refractivity contribution in [2.75, 3.05) is 10.6 Å². The maximum Gasteiger partial charge on any atom is 0.267 e. The number of amides is 1. The number of aryl methyl sites for hydroxylation is 3. The van der Waals surface area contributed by atoms with Crippen molar-refractivity contribution >= 4 is 17.4 Å². The molecule has 1 aromatic heterocycles. The molecule has 2 aromatic rings. The molecule has 0 saturated carbocycles. The number of hydrogen-bond acceptors (Lipinski definition) is 4. The van der Waals surface area contributed by atoms with Gasteiger partial charge in [-0.1, -0.05) is 17.7 Å². The molecule has 0 unspecified atom stereocenters. The van der Waals surface area contributed by atoms with Gasteiger partial charge in [0.15, 0.2) is 0 Å². The van der Waals surface area contributed by atoms with Crippen molar-refractivity contribution in [3.63, 3.8) is 0 Å². The molecule has 116 valence electrons. The normalized spacial score (nSPS) is 10.8. The van der Waals surface area contributed by atoms with Gasteiger partial charge in [-0.25, -0.2) is 4.98 Å². The van der Waals surface area contributed by atoms with Gasteiger partial charge in [-0.2, -0.15) is 5.26 Å². The van der Waals surface area contributed by atoms with Crippen LogP contribution in [0.1, 0.15) is 16.7 Å². The molecule has 0 aliphatic heterocycles. The molecule has 0 saturated heterocycles. The Bertz CT molecular complexity index is 803. The molecular weight excluding hydrogens is 288 g/mol. The van der Waals surface area contributed by atoms with Crippen LogP contribution in [0.3, 0.4) is 0 Å². The molecule has 5 heteroatoms. The van der Waals surface area contributed by atoms with Crippen LogP contribution in [0.15, 0.2) is 48.3 Å². The lowest BCUT2D eigenvalue weighted by atomic mass is 10.1. The van der Waals surface area contributed by atoms with Crippen molar-refractivity contribution in [1.82, 2.24) is 4.98 Å². The number of anilines is 2. The van der Waals surface area contributed by atoms with Crippen LogP contribution in [0.25, 0.3) is 0 Å². The van der Waals surface area contributed by atoms with Crippen molar-refractivity contribution in [2.45, 2.75) is 20.8 Å². The van der Waals surface area contributed by atoms with Crippen LogP contribution in [-0.2, 0) is 4.79 Å². The van der Waals surface area contributed by atoms with Crippen molar-refractivity contribution < 1.29 is 4.79 Å². The second kappa shape index (κ2) is 7.23. The first-order valence-corrected chi connectivity index (χ1v) is 7.17. The summed E-state index contributed by atoms with van der Waals surface area (Å²) in [5.74, 6) is 0.122. The highest BCUT2D eigenvalue weighted by Gasteiger charge is 2.10. The average Bonchev–Trinajstić information content (AvgIpc) is 2.51. The van der Waals surface area contributed by atoms with E-state index in [1.54, 1.807) is 6.20 Å². The Hall–Kier alpha value is -3.13. The summed E-state index contributed by atoms with van der Waals surface area (Å²) in [6.07, 6.45) is 3.02. The zero-order valence-corrected chi connectivity index (χ0v) is 13.3. The van der Waals surface area contributed by atoms with Crippen molar-refractivity contribution in [2.24, 2.45) is 0 Å². The number of carbonyl (C=O) groups excluding carboxylic acids is 1. The SMILES string of the molecule is Cc1ccnc(N/C=C(/C#N)C(=O)Nc2ccc(C)cc2C)c1. The van der Waals surface area contributed by atoms with Gasteiger partial charge in [0.1, 0.15) is 17.5 Å². The molecule has 1 amide bonds. The zero-order chi connectivity index (χ0) is 16.8. The zero-order valence-electron chi connectivity index (χ0n) is 13.3. The molecule has 2 N–H and O–H groups in total. The number of benzene rings is 1. The van der Waals surface area contributed by atoms with Crippen LogP contribution in [0.2, 0.25) is 0 Å². The second-order valence-corrected chi connectivity index (χ2v) is 5.31. The molecule has 0 aliphatic carbocycles. The first kappa shape index (κ1) is 16.2. The maximum absolute atomic E-state index is 12.2. The average molecular weight is 306 g/mol. The highest BCUT2D eigenvalue weighted by molar-refractivity contribution is 6.07. The van der Waals surface area contributed by atoms with Gasteiger partial charge in [0.2, 0.25) is 0 Å². The Labute approximate surface area is 135 Å². The van der Waals surface area contributed by atoms with Gasteiger partial charge in [0.25, 0.3) is 5.91 Å². The molecule has 0 bridgehead atoms. The number of nitrogens with one attached hydrogen (secondary N) is 2. The predicted molar refractivity (Wildman–Crippen MR) is 90.8 cm³/mol. The topological polar surface area (TPSA) is 77.8 Å². The van der Waals surface area contributed by atoms with Gasteiger partial charge in [0.05, 0.1) is 0 Å². The fraction of sp³-hybridized carbons (Fsp3) is 0.167. The van der Waals surface area contributed by atoms with Gasteiger partial charge in [-0.05, 0) is 50.1 Å². The summed E-state index contributed by atoms with van der Waals surface area (Å²) in [5, 5.41) is 14.8. The lowest BCUT2D eigenvalue weighted by Gasteiger charge is -2.08. The van der Waals surface area contributed by atoms with Crippen LogP contribution in [0.4, 0.5) is 11.5 Å². The summed E-state index contributed by atoms with van der Waals surface area (Å²) < 4.78 is 0. The molecule has 1 heterocycles. The molecule has 23 heavy (non-hydrogen) atoms. The van der Waals surface area contributed by atoms with Crippen LogP contribution in [0, 0.1) is 32.1 Å². The van der Waals surface area contributed by atoms with Gasteiger partial charge in [0, 0.05) is 18.1 Å². The van der Waals surface area contributed by atoms with Crippen molar-refractivity contribution in [3.05, 3.63) is 65.0 Å². The van der Waals surface area contributed by atoms with Crippen LogP contribution >= 0.6 is 0 Å². The first-order valence-electron chi connectivity index (χ1n) is 7.17. The van der Waals surface area contributed by atoms with Crippen LogP contribution in [0.5, 0.6) is 0 Å². The Balaban J connectivity index is 2.12. The summed E-state index contributed by atoms with van der Waals surface area (Å²) in [5.41, 5.74) is 3.77. The Morgan fingerprint density at radius 1 is 1.17 bits per heavy atom. The number of aromatic nitrogens is 1. The van der Waals surface area contributed by atoms with E-state index >= 15 is 0 Å². The van der Waals surface area contributed by atoms with Gasteiger partial charge >= 0.3 is 0 Å². The summed E-state index contributed by atoms with van der Waals surface area (Å²) in [6.45, 7) is 5.83. The third-order valence-electron chi connectivity index (χ3n) is 3.28. The molecule has 0 fully saturated rings. The number of hydrogen-bond donors (Lipinski definition) is 2. The third kappa shape index (κ3) is 4.42. The van der Waals surface area contributed by atoms with E-state index in [1.807, 2.05) is 57.2 Å². The minimum Gasteiger partial charge on any atom is -0.345 e. The van der Waals surface area contributed by atoms with Crippen molar-refractivity contribution in [3.8, 4) is 6.07 Å². The number of nitrogens with zero attached hydrogens (tertiary/aromatic N) is 2. The van der Waals surface area contributed by atoms with Crippen molar-refractivity contribution in [1.29, 1.82) is 5.26 Å². The van der Waals surface area contributed by atoms with E-state index < -0.39 is 5.91 Å². The Kier molecular flexibility index (Phi) is 5.11. The lowest BCUT2D eigenvalue weighted by molar-refractivity contribution is -0.112. The van der Waals surface area contributed by atoms with E-state index in [1.165, 1.54) is 6.20 Å². The number of rotatable bonds is 4. The smallest absolute Gasteiger partial charge is 0.267 e. The highest BCUT2D eigenvalue weighted by Crippen LogP contribution is 2.17. The minimum absolute atomic E-state index is 0.0201. The van der Waals surface area contributed by atoms with E-state index in [9.17, 15) is 10.1 Å². The van der Waals surface area contributed by atoms with E-state index in [0.717, 1.165) is 16.7 Å². The second-order valence-electron chi connectivity index (χ2n) is 5.31. The Morgan fingerprint density at radius 3 is 2.57 bits per heavy atom. The van der Waals surface area contributed by atoms with Gasteiger partial charge in [-0.15, -0.1) is 0 Å². The summed E-state index contributed by atoms with van der Waals surface area (Å²) in [4.78, 5) is 16.3. The molecule has 0 atom stereocenters. The van der Waals surface area contributed by atoms with Crippen LogP contribution in [-0.4, -0.2) is 10.9 Å². The van der Waals surface area contributed by atoms with E-state index in [2.05, 4.69) is 15.6 Å². The fourth-order valence-corrected chi connectivity index (χ4v) is 2.05. The van der Waals surface area contributed by atoms with E-state index in [0.29, 0.717) is 11.5 Å². The molecule has 5 nitrogen and oxygen atoms in total.